The molecule has 1 atom stereocenters. The summed E-state index contributed by atoms with van der Waals surface area (Å²) < 4.78 is 11.8. The maximum atomic E-state index is 5.80. The van der Waals surface area contributed by atoms with Crippen molar-refractivity contribution in [1.82, 2.24) is 9.97 Å². The van der Waals surface area contributed by atoms with E-state index in [0.717, 1.165) is 36.0 Å². The van der Waals surface area contributed by atoms with Crippen molar-refractivity contribution >= 4 is 21.9 Å². The van der Waals surface area contributed by atoms with Gasteiger partial charge in [-0.2, -0.15) is 4.98 Å². The normalized spacial score (nSPS) is 24.1. The minimum absolute atomic E-state index is 0.344. The Morgan fingerprint density at radius 2 is 2.33 bits per heavy atom. The summed E-state index contributed by atoms with van der Waals surface area (Å²) in [6.45, 7) is 2.48. The topological polar surface area (TPSA) is 47.5 Å². The van der Waals surface area contributed by atoms with E-state index in [9.17, 15) is 0 Å². The molecule has 2 fully saturated rings. The molecule has 0 bridgehead atoms. The molecule has 0 aromatic carbocycles. The highest BCUT2D eigenvalue weighted by atomic mass is 79.9. The van der Waals surface area contributed by atoms with Gasteiger partial charge in [0.25, 0.3) is 0 Å². The molecule has 1 aliphatic heterocycles. The fourth-order valence-electron chi connectivity index (χ4n) is 2.25. The number of aromatic nitrogens is 2. The summed E-state index contributed by atoms with van der Waals surface area (Å²) in [5.74, 6) is 2.05. The molecule has 6 heteroatoms. The Morgan fingerprint density at radius 1 is 1.50 bits per heavy atom. The van der Waals surface area contributed by atoms with Crippen LogP contribution in [0.25, 0.3) is 0 Å². The molecular formula is C12H16BrN3O2. The van der Waals surface area contributed by atoms with E-state index in [4.69, 9.17) is 9.47 Å². The Balaban J connectivity index is 1.76. The van der Waals surface area contributed by atoms with Gasteiger partial charge in [-0.3, -0.25) is 0 Å². The second kappa shape index (κ2) is 5.01. The molecule has 1 unspecified atom stereocenters. The molecule has 0 amide bonds. The van der Waals surface area contributed by atoms with E-state index in [1.807, 2.05) is 0 Å². The first-order valence-electron chi connectivity index (χ1n) is 6.21. The largest absolute Gasteiger partial charge is 0.480 e. The van der Waals surface area contributed by atoms with Crippen LogP contribution in [-0.2, 0) is 4.74 Å². The van der Waals surface area contributed by atoms with Gasteiger partial charge in [0.05, 0.1) is 30.5 Å². The Bertz CT molecular complexity index is 439. The first-order chi connectivity index (χ1) is 8.78. The van der Waals surface area contributed by atoms with E-state index < -0.39 is 0 Å². The van der Waals surface area contributed by atoms with Gasteiger partial charge in [0, 0.05) is 13.1 Å². The van der Waals surface area contributed by atoms with Crippen molar-refractivity contribution in [3.63, 3.8) is 0 Å². The van der Waals surface area contributed by atoms with Crippen molar-refractivity contribution in [3.8, 4) is 5.88 Å². The third-order valence-electron chi connectivity index (χ3n) is 3.42. The highest BCUT2D eigenvalue weighted by Gasteiger charge is 2.35. The molecular weight excluding hydrogens is 298 g/mol. The predicted octanol–water partition coefficient (Wildman–Crippen LogP) is 1.86. The number of methoxy groups -OCH3 is 1. The molecule has 0 spiro atoms. The zero-order valence-corrected chi connectivity index (χ0v) is 11.9. The van der Waals surface area contributed by atoms with E-state index >= 15 is 0 Å². The van der Waals surface area contributed by atoms with Gasteiger partial charge in [-0.25, -0.2) is 4.98 Å². The third-order valence-corrected chi connectivity index (χ3v) is 3.96. The number of rotatable bonds is 3. The van der Waals surface area contributed by atoms with Crippen molar-refractivity contribution < 1.29 is 9.47 Å². The molecule has 1 saturated heterocycles. The second-order valence-electron chi connectivity index (χ2n) is 4.72. The maximum absolute atomic E-state index is 5.80. The minimum Gasteiger partial charge on any atom is -0.480 e. The van der Waals surface area contributed by atoms with Crippen LogP contribution in [0.3, 0.4) is 0 Å². The van der Waals surface area contributed by atoms with Gasteiger partial charge in [0.2, 0.25) is 11.8 Å². The maximum Gasteiger partial charge on any atom is 0.232 e. The molecule has 1 aromatic rings. The number of ether oxygens (including phenoxy) is 2. The van der Waals surface area contributed by atoms with Crippen LogP contribution in [-0.4, -0.2) is 42.9 Å². The van der Waals surface area contributed by atoms with Gasteiger partial charge < -0.3 is 14.4 Å². The Hall–Kier alpha value is -0.880. The lowest BCUT2D eigenvalue weighted by molar-refractivity contribution is 0.0258. The van der Waals surface area contributed by atoms with Crippen LogP contribution >= 0.6 is 15.9 Å². The lowest BCUT2D eigenvalue weighted by Crippen LogP contribution is -2.44. The number of hydrogen-bond donors (Lipinski definition) is 0. The summed E-state index contributed by atoms with van der Waals surface area (Å²) >= 11 is 3.37. The summed E-state index contributed by atoms with van der Waals surface area (Å²) in [7, 11) is 1.61. The molecule has 1 aromatic heterocycles. The number of anilines is 1. The minimum atomic E-state index is 0.344. The van der Waals surface area contributed by atoms with Gasteiger partial charge >= 0.3 is 0 Å². The van der Waals surface area contributed by atoms with Gasteiger partial charge in [0.1, 0.15) is 0 Å². The lowest BCUT2D eigenvalue weighted by atomic mass is 10.2. The first kappa shape index (κ1) is 12.2. The van der Waals surface area contributed by atoms with Crippen molar-refractivity contribution in [3.05, 3.63) is 10.7 Å². The average Bonchev–Trinajstić information content (AvgIpc) is 3.24. The van der Waals surface area contributed by atoms with Crippen molar-refractivity contribution in [2.45, 2.75) is 18.9 Å². The van der Waals surface area contributed by atoms with Crippen molar-refractivity contribution in [2.75, 3.05) is 31.7 Å². The Kier molecular flexibility index (Phi) is 3.39. The van der Waals surface area contributed by atoms with Crippen LogP contribution < -0.4 is 9.64 Å². The van der Waals surface area contributed by atoms with Crippen LogP contribution in [0.5, 0.6) is 5.88 Å². The fourth-order valence-corrected chi connectivity index (χ4v) is 2.60. The van der Waals surface area contributed by atoms with Gasteiger partial charge in [0.15, 0.2) is 0 Å². The number of hydrogen-bond acceptors (Lipinski definition) is 5. The molecule has 2 heterocycles. The standard InChI is InChI=1S/C12H16BrN3O2/c1-17-11-9(13)6-14-12(15-11)16-4-5-18-10(7-16)8-2-3-8/h6,8,10H,2-5,7H2,1H3. The SMILES string of the molecule is COc1nc(N2CCOC(C3CC3)C2)ncc1Br. The van der Waals surface area contributed by atoms with Crippen LogP contribution in [0.2, 0.25) is 0 Å². The molecule has 1 aliphatic carbocycles. The van der Waals surface area contributed by atoms with E-state index in [1.165, 1.54) is 12.8 Å². The first-order valence-corrected chi connectivity index (χ1v) is 7.00. The second-order valence-corrected chi connectivity index (χ2v) is 5.57. The van der Waals surface area contributed by atoms with Gasteiger partial charge in [-0.05, 0) is 34.7 Å². The number of halogens is 1. The number of morpholine rings is 1. The highest BCUT2D eigenvalue weighted by molar-refractivity contribution is 9.10. The smallest absolute Gasteiger partial charge is 0.232 e. The molecule has 0 radical (unpaired) electrons. The summed E-state index contributed by atoms with van der Waals surface area (Å²) in [6, 6.07) is 0. The highest BCUT2D eigenvalue weighted by Crippen LogP contribution is 2.36. The molecule has 0 N–H and O–H groups in total. The Labute approximate surface area is 115 Å². The molecule has 98 valence electrons. The van der Waals surface area contributed by atoms with Crippen molar-refractivity contribution in [1.29, 1.82) is 0 Å². The summed E-state index contributed by atoms with van der Waals surface area (Å²) in [6.07, 6.45) is 4.67. The van der Waals surface area contributed by atoms with Crippen LogP contribution in [0.15, 0.2) is 10.7 Å². The predicted molar refractivity (Wildman–Crippen MR) is 71.0 cm³/mol. The molecule has 5 nitrogen and oxygen atoms in total. The quantitative estimate of drug-likeness (QED) is 0.852. The van der Waals surface area contributed by atoms with E-state index in [2.05, 4.69) is 30.8 Å². The molecule has 3 rings (SSSR count). The lowest BCUT2D eigenvalue weighted by Gasteiger charge is -2.33. The van der Waals surface area contributed by atoms with Gasteiger partial charge in [-0.1, -0.05) is 0 Å². The average molecular weight is 314 g/mol. The Morgan fingerprint density at radius 3 is 3.06 bits per heavy atom. The van der Waals surface area contributed by atoms with Crippen LogP contribution in [0.1, 0.15) is 12.8 Å². The molecule has 18 heavy (non-hydrogen) atoms. The molecule has 1 saturated carbocycles. The van der Waals surface area contributed by atoms with E-state index in [0.29, 0.717) is 12.0 Å². The zero-order chi connectivity index (χ0) is 12.5. The van der Waals surface area contributed by atoms with Crippen LogP contribution in [0.4, 0.5) is 5.95 Å². The van der Waals surface area contributed by atoms with Gasteiger partial charge in [-0.15, -0.1) is 0 Å². The summed E-state index contributed by atoms with van der Waals surface area (Å²) in [4.78, 5) is 11.0. The summed E-state index contributed by atoms with van der Waals surface area (Å²) in [5, 5.41) is 0. The molecule has 2 aliphatic rings. The van der Waals surface area contributed by atoms with Crippen molar-refractivity contribution in [2.24, 2.45) is 5.92 Å². The van der Waals surface area contributed by atoms with E-state index in [1.54, 1.807) is 13.3 Å². The van der Waals surface area contributed by atoms with Crippen LogP contribution in [0, 0.1) is 5.92 Å². The monoisotopic (exact) mass is 313 g/mol. The van der Waals surface area contributed by atoms with E-state index in [-0.39, 0.29) is 0 Å². The number of nitrogens with zero attached hydrogens (tertiary/aromatic N) is 3. The third kappa shape index (κ3) is 2.44. The zero-order valence-electron chi connectivity index (χ0n) is 10.3. The fraction of sp³-hybridized carbons (Fsp3) is 0.667. The summed E-state index contributed by atoms with van der Waals surface area (Å²) in [5.41, 5.74) is 0.